The number of nitrogens with zero attached hydrogens (tertiary/aromatic N) is 3. The van der Waals surface area contributed by atoms with Crippen molar-refractivity contribution in [2.45, 2.75) is 0 Å². The molecule has 1 aliphatic heterocycles. The summed E-state index contributed by atoms with van der Waals surface area (Å²) < 4.78 is 12.4. The zero-order valence-electron chi connectivity index (χ0n) is 19.7. The highest BCUT2D eigenvalue weighted by atomic mass is 35.5. The second-order valence-electron chi connectivity index (χ2n) is 7.86. The van der Waals surface area contributed by atoms with Gasteiger partial charge < -0.3 is 14.8 Å². The number of thioether (sulfide) groups is 1. The van der Waals surface area contributed by atoms with Gasteiger partial charge in [-0.05, 0) is 60.3 Å². The summed E-state index contributed by atoms with van der Waals surface area (Å²) in [4.78, 5) is 17.9. The van der Waals surface area contributed by atoms with Crippen LogP contribution in [0.25, 0.3) is 23.0 Å². The molecule has 3 aromatic carbocycles. The number of para-hydroxylation sites is 1. The van der Waals surface area contributed by atoms with Crippen LogP contribution in [0.3, 0.4) is 0 Å². The Bertz CT molecular complexity index is 1550. The van der Waals surface area contributed by atoms with Gasteiger partial charge in [0.1, 0.15) is 22.9 Å². The van der Waals surface area contributed by atoms with E-state index in [1.807, 2.05) is 42.6 Å². The molecule has 4 aromatic rings. The average molecular weight is 551 g/mol. The quantitative estimate of drug-likeness (QED) is 0.268. The number of amidine groups is 1. The van der Waals surface area contributed by atoms with Gasteiger partial charge in [0.2, 0.25) is 0 Å². The summed E-state index contributed by atoms with van der Waals surface area (Å²) in [6, 6.07) is 20.2. The highest BCUT2D eigenvalue weighted by molar-refractivity contribution is 8.18. The molecule has 37 heavy (non-hydrogen) atoms. The van der Waals surface area contributed by atoms with E-state index in [0.29, 0.717) is 54.1 Å². The summed E-state index contributed by atoms with van der Waals surface area (Å²) in [6.07, 6.45) is 3.64. The Kier molecular flexibility index (Phi) is 7.23. The Morgan fingerprint density at radius 2 is 1.84 bits per heavy atom. The highest BCUT2D eigenvalue weighted by Crippen LogP contribution is 2.37. The number of aromatic nitrogens is 2. The van der Waals surface area contributed by atoms with E-state index in [1.54, 1.807) is 55.3 Å². The van der Waals surface area contributed by atoms with Gasteiger partial charge in [-0.2, -0.15) is 5.10 Å². The standard InChI is InChI=1S/C27H20Cl2N4O3S/c1-35-19-9-11-22(23(14-19)36-2)30-27-31-26(34)24(37-27)12-16-15-33(18-6-4-3-5-7-18)32-25(16)20-10-8-17(28)13-21(20)29/h3-15H,1-2H3,(H,30,31,34)/b24-12-. The van der Waals surface area contributed by atoms with Crippen molar-refractivity contribution in [2.75, 3.05) is 14.2 Å². The van der Waals surface area contributed by atoms with E-state index < -0.39 is 0 Å². The molecule has 186 valence electrons. The van der Waals surface area contributed by atoms with Gasteiger partial charge in [-0.3, -0.25) is 4.79 Å². The lowest BCUT2D eigenvalue weighted by Gasteiger charge is -2.07. The van der Waals surface area contributed by atoms with Crippen molar-refractivity contribution in [3.05, 3.63) is 93.4 Å². The number of carbonyl (C=O) groups excluding carboxylic acids is 1. The molecule has 0 aliphatic carbocycles. The van der Waals surface area contributed by atoms with E-state index in [1.165, 1.54) is 11.8 Å². The molecule has 0 radical (unpaired) electrons. The number of amides is 1. The molecule has 0 atom stereocenters. The smallest absolute Gasteiger partial charge is 0.264 e. The first-order valence-electron chi connectivity index (χ1n) is 11.1. The summed E-state index contributed by atoms with van der Waals surface area (Å²) in [5.74, 6) is 0.910. The first-order chi connectivity index (χ1) is 17.9. The van der Waals surface area contributed by atoms with Crippen LogP contribution in [-0.4, -0.2) is 35.1 Å². The lowest BCUT2D eigenvalue weighted by atomic mass is 10.1. The molecule has 1 saturated heterocycles. The number of rotatable bonds is 6. The predicted molar refractivity (Wildman–Crippen MR) is 149 cm³/mol. The zero-order chi connectivity index (χ0) is 25.9. The van der Waals surface area contributed by atoms with Crippen LogP contribution < -0.4 is 14.8 Å². The van der Waals surface area contributed by atoms with Crippen LogP contribution in [0.2, 0.25) is 10.0 Å². The van der Waals surface area contributed by atoms with Crippen LogP contribution in [0.5, 0.6) is 11.5 Å². The third-order valence-electron chi connectivity index (χ3n) is 5.50. The highest BCUT2D eigenvalue weighted by Gasteiger charge is 2.26. The second-order valence-corrected chi connectivity index (χ2v) is 9.73. The first-order valence-corrected chi connectivity index (χ1v) is 12.6. The average Bonchev–Trinajstić information content (AvgIpc) is 3.47. The third kappa shape index (κ3) is 5.36. The van der Waals surface area contributed by atoms with E-state index in [4.69, 9.17) is 37.8 Å². The second kappa shape index (κ2) is 10.7. The van der Waals surface area contributed by atoms with Gasteiger partial charge in [0.25, 0.3) is 5.91 Å². The maximum atomic E-state index is 12.9. The third-order valence-corrected chi connectivity index (χ3v) is 6.95. The van der Waals surface area contributed by atoms with Crippen LogP contribution in [0.1, 0.15) is 5.56 Å². The van der Waals surface area contributed by atoms with E-state index in [2.05, 4.69) is 10.3 Å². The van der Waals surface area contributed by atoms with Crippen LogP contribution in [0.15, 0.2) is 82.8 Å². The Morgan fingerprint density at radius 3 is 2.57 bits per heavy atom. The molecular weight excluding hydrogens is 531 g/mol. The number of nitrogens with one attached hydrogen (secondary N) is 1. The van der Waals surface area contributed by atoms with Crippen molar-refractivity contribution in [3.8, 4) is 28.4 Å². The fourth-order valence-corrected chi connectivity index (χ4v) is 5.03. The topological polar surface area (TPSA) is 77.7 Å². The lowest BCUT2D eigenvalue weighted by molar-refractivity contribution is -0.115. The van der Waals surface area contributed by atoms with Gasteiger partial charge >= 0.3 is 0 Å². The summed E-state index contributed by atoms with van der Waals surface area (Å²) >= 11 is 13.9. The van der Waals surface area contributed by atoms with Crippen LogP contribution in [0.4, 0.5) is 5.69 Å². The van der Waals surface area contributed by atoms with Crippen molar-refractivity contribution in [1.82, 2.24) is 15.1 Å². The van der Waals surface area contributed by atoms with Gasteiger partial charge in [-0.25, -0.2) is 9.67 Å². The number of benzene rings is 3. The molecule has 0 bridgehead atoms. The fraction of sp³-hybridized carbons (Fsp3) is 0.0741. The molecule has 7 nitrogen and oxygen atoms in total. The summed E-state index contributed by atoms with van der Waals surface area (Å²) in [7, 11) is 3.13. The fourth-order valence-electron chi connectivity index (χ4n) is 3.71. The zero-order valence-corrected chi connectivity index (χ0v) is 22.1. The molecule has 1 amide bonds. The van der Waals surface area contributed by atoms with Crippen molar-refractivity contribution in [1.29, 1.82) is 0 Å². The monoisotopic (exact) mass is 550 g/mol. The van der Waals surface area contributed by atoms with Gasteiger partial charge in [0.15, 0.2) is 5.17 Å². The SMILES string of the molecule is COc1ccc(N=C2NC(=O)/C(=C/c3cn(-c4ccccc4)nc3-c3ccc(Cl)cc3Cl)S2)c(OC)c1. The van der Waals surface area contributed by atoms with E-state index in [9.17, 15) is 4.79 Å². The van der Waals surface area contributed by atoms with Gasteiger partial charge in [-0.15, -0.1) is 0 Å². The van der Waals surface area contributed by atoms with Crippen molar-refractivity contribution < 1.29 is 14.3 Å². The van der Waals surface area contributed by atoms with E-state index >= 15 is 0 Å². The lowest BCUT2D eigenvalue weighted by Crippen LogP contribution is -2.19. The number of methoxy groups -OCH3 is 2. The van der Waals surface area contributed by atoms with Crippen LogP contribution >= 0.6 is 35.0 Å². The number of hydrogen-bond acceptors (Lipinski definition) is 6. The van der Waals surface area contributed by atoms with E-state index in [0.717, 1.165) is 5.69 Å². The van der Waals surface area contributed by atoms with Crippen LogP contribution in [-0.2, 0) is 4.79 Å². The van der Waals surface area contributed by atoms with Crippen molar-refractivity contribution in [2.24, 2.45) is 4.99 Å². The largest absolute Gasteiger partial charge is 0.497 e. The molecule has 1 aromatic heterocycles. The predicted octanol–water partition coefficient (Wildman–Crippen LogP) is 6.75. The molecule has 0 unspecified atom stereocenters. The Morgan fingerprint density at radius 1 is 1.03 bits per heavy atom. The summed E-state index contributed by atoms with van der Waals surface area (Å²) in [6.45, 7) is 0. The molecular formula is C27H20Cl2N4O3S. The maximum absolute atomic E-state index is 12.9. The first kappa shape index (κ1) is 25.0. The normalized spacial score (nSPS) is 15.3. The molecule has 10 heteroatoms. The minimum Gasteiger partial charge on any atom is -0.497 e. The van der Waals surface area contributed by atoms with Crippen molar-refractivity contribution >= 4 is 57.8 Å². The Balaban J connectivity index is 1.54. The number of ether oxygens (including phenoxy) is 2. The van der Waals surface area contributed by atoms with Crippen LogP contribution in [0, 0.1) is 0 Å². The molecule has 5 rings (SSSR count). The Labute approximate surface area is 227 Å². The van der Waals surface area contributed by atoms with Gasteiger partial charge in [0.05, 0.1) is 29.8 Å². The minimum absolute atomic E-state index is 0.267. The molecule has 1 aliphatic rings. The molecule has 1 N–H and O–H groups in total. The molecule has 0 saturated carbocycles. The molecule has 2 heterocycles. The van der Waals surface area contributed by atoms with Gasteiger partial charge in [0, 0.05) is 28.4 Å². The van der Waals surface area contributed by atoms with E-state index in [-0.39, 0.29) is 5.91 Å². The number of aliphatic imine (C=N–C) groups is 1. The number of carbonyl (C=O) groups is 1. The maximum Gasteiger partial charge on any atom is 0.264 e. The number of hydrogen-bond donors (Lipinski definition) is 1. The summed E-state index contributed by atoms with van der Waals surface area (Å²) in [5, 5.41) is 9.01. The molecule has 1 fully saturated rings. The minimum atomic E-state index is -0.267. The Hall–Kier alpha value is -3.72. The number of halogens is 2. The van der Waals surface area contributed by atoms with Gasteiger partial charge in [-0.1, -0.05) is 41.4 Å². The summed E-state index contributed by atoms with van der Waals surface area (Å²) in [5.41, 5.74) is 3.48. The molecule has 0 spiro atoms. The van der Waals surface area contributed by atoms with Crippen molar-refractivity contribution in [3.63, 3.8) is 0 Å².